The van der Waals surface area contributed by atoms with Gasteiger partial charge in [-0.3, -0.25) is 14.4 Å². The van der Waals surface area contributed by atoms with Crippen molar-refractivity contribution >= 4 is 35.0 Å². The van der Waals surface area contributed by atoms with Gasteiger partial charge in [0.25, 0.3) is 5.91 Å². The Bertz CT molecular complexity index is 1420. The van der Waals surface area contributed by atoms with Crippen molar-refractivity contribution in [1.29, 1.82) is 0 Å². The van der Waals surface area contributed by atoms with Crippen LogP contribution in [0.2, 0.25) is 5.02 Å². The molecule has 3 amide bonds. The molecule has 0 aliphatic carbocycles. The van der Waals surface area contributed by atoms with Gasteiger partial charge in [0.15, 0.2) is 0 Å². The topological polar surface area (TPSA) is 90.4 Å². The summed E-state index contributed by atoms with van der Waals surface area (Å²) >= 11 is 6.64. The highest BCUT2D eigenvalue weighted by molar-refractivity contribution is 6.34. The second-order valence-corrected chi connectivity index (χ2v) is 12.3. The third kappa shape index (κ3) is 5.19. The third-order valence-corrected chi connectivity index (χ3v) is 9.53. The fourth-order valence-electron chi connectivity index (χ4n) is 7.29. The summed E-state index contributed by atoms with van der Waals surface area (Å²) in [5.74, 6) is -2.20. The molecule has 226 valence electrons. The van der Waals surface area contributed by atoms with Gasteiger partial charge in [-0.05, 0) is 37.0 Å². The van der Waals surface area contributed by atoms with Crippen LogP contribution in [0.4, 0.5) is 5.69 Å². The first-order valence-corrected chi connectivity index (χ1v) is 15.6. The van der Waals surface area contributed by atoms with Gasteiger partial charge in [-0.1, -0.05) is 91.2 Å². The average Bonchev–Trinajstić information content (AvgIpc) is 3.31. The van der Waals surface area contributed by atoms with Crippen molar-refractivity contribution in [1.82, 2.24) is 9.80 Å². The van der Waals surface area contributed by atoms with Crippen LogP contribution in [0.5, 0.6) is 0 Å². The molecule has 2 aromatic rings. The number of hydrogen-bond donors (Lipinski definition) is 1. The maximum absolute atomic E-state index is 14.6. The SMILES string of the molecule is Cc1cccc(Cl)c1N1CC=C[C@]23O[C@@H]4C=CCN(Cc5ccccc5)C(=O)[C@@H]4[C@H]2C(=O)N(CCCCCCO)C3C1=O. The number of aryl methyl sites for hydroxylation is 1. The van der Waals surface area contributed by atoms with Crippen LogP contribution in [0.1, 0.15) is 36.8 Å². The van der Waals surface area contributed by atoms with E-state index >= 15 is 0 Å². The lowest BCUT2D eigenvalue weighted by atomic mass is 9.77. The lowest BCUT2D eigenvalue weighted by molar-refractivity contribution is -0.144. The molecule has 43 heavy (non-hydrogen) atoms. The Morgan fingerprint density at radius 2 is 1.72 bits per heavy atom. The standard InChI is InChI=1S/C34H38ClN3O5/c1-23-12-9-15-25(35)29(23)37-20-11-17-34-28(32(41)38(30(34)33(37)42)19-7-2-3-8-21-39)27-26(43-34)16-10-18-36(31(27)40)22-24-13-5-4-6-14-24/h4-6,9-17,26-28,30,39H,2-3,7-8,18-22H2,1H3/t26-,27+,28+,30?,34+/m1/s1. The number of amides is 3. The molecule has 1 N–H and O–H groups in total. The number of ether oxygens (including phenoxy) is 1. The average molecular weight is 604 g/mol. The molecule has 2 fully saturated rings. The van der Waals surface area contributed by atoms with Crippen molar-refractivity contribution in [3.8, 4) is 0 Å². The Kier molecular flexibility index (Phi) is 8.45. The number of halogens is 1. The molecule has 2 saturated heterocycles. The number of likely N-dealkylation sites (tertiary alicyclic amines) is 1. The first-order valence-electron chi connectivity index (χ1n) is 15.2. The molecule has 4 heterocycles. The number of rotatable bonds is 9. The van der Waals surface area contributed by atoms with E-state index < -0.39 is 29.6 Å². The van der Waals surface area contributed by atoms with E-state index in [1.807, 2.05) is 73.7 Å². The number of anilines is 1. The number of hydrogen-bond acceptors (Lipinski definition) is 5. The Balaban J connectivity index is 1.38. The van der Waals surface area contributed by atoms with Crippen molar-refractivity contribution in [3.63, 3.8) is 0 Å². The molecule has 1 spiro atoms. The van der Waals surface area contributed by atoms with Crippen LogP contribution in [0, 0.1) is 18.8 Å². The summed E-state index contributed by atoms with van der Waals surface area (Å²) in [5, 5.41) is 9.67. The number of aliphatic hydroxyl groups is 1. The number of para-hydroxylation sites is 1. The van der Waals surface area contributed by atoms with Crippen molar-refractivity contribution in [2.45, 2.75) is 56.9 Å². The maximum atomic E-state index is 14.6. The molecular formula is C34H38ClN3O5. The van der Waals surface area contributed by atoms with Gasteiger partial charge in [-0.15, -0.1) is 0 Å². The van der Waals surface area contributed by atoms with E-state index in [0.29, 0.717) is 43.2 Å². The number of carbonyl (C=O) groups excluding carboxylic acids is 3. The molecule has 4 aliphatic rings. The fraction of sp³-hybridized carbons (Fsp3) is 0.441. The van der Waals surface area contributed by atoms with Crippen LogP contribution in [0.25, 0.3) is 0 Å². The van der Waals surface area contributed by atoms with Crippen LogP contribution in [-0.2, 0) is 25.7 Å². The van der Waals surface area contributed by atoms with Crippen LogP contribution in [0.3, 0.4) is 0 Å². The molecule has 0 aromatic heterocycles. The minimum atomic E-state index is -1.28. The summed E-state index contributed by atoms with van der Waals surface area (Å²) < 4.78 is 6.77. The number of fused-ring (bicyclic) bond motifs is 2. The maximum Gasteiger partial charge on any atom is 0.253 e. The largest absolute Gasteiger partial charge is 0.396 e. The van der Waals surface area contributed by atoms with Crippen LogP contribution in [0.15, 0.2) is 72.8 Å². The summed E-state index contributed by atoms with van der Waals surface area (Å²) in [4.78, 5) is 48.4. The van der Waals surface area contributed by atoms with E-state index in [2.05, 4.69) is 0 Å². The molecular weight excluding hydrogens is 566 g/mol. The second kappa shape index (κ2) is 12.3. The zero-order valence-electron chi connectivity index (χ0n) is 24.4. The van der Waals surface area contributed by atoms with Gasteiger partial charge in [0.1, 0.15) is 11.6 Å². The van der Waals surface area contributed by atoms with E-state index in [1.165, 1.54) is 0 Å². The predicted octanol–water partition coefficient (Wildman–Crippen LogP) is 4.28. The van der Waals surface area contributed by atoms with E-state index in [4.69, 9.17) is 16.3 Å². The van der Waals surface area contributed by atoms with Crippen molar-refractivity contribution in [3.05, 3.63) is 89.0 Å². The molecule has 0 bridgehead atoms. The second-order valence-electron chi connectivity index (χ2n) is 11.9. The van der Waals surface area contributed by atoms with Crippen molar-refractivity contribution in [2.24, 2.45) is 11.8 Å². The molecule has 2 aromatic carbocycles. The lowest BCUT2D eigenvalue weighted by Crippen LogP contribution is -2.55. The highest BCUT2D eigenvalue weighted by Crippen LogP contribution is 2.54. The highest BCUT2D eigenvalue weighted by atomic mass is 35.5. The Morgan fingerprint density at radius 3 is 2.49 bits per heavy atom. The van der Waals surface area contributed by atoms with Crippen molar-refractivity contribution < 1.29 is 24.2 Å². The first-order chi connectivity index (χ1) is 20.9. The highest BCUT2D eigenvalue weighted by Gasteiger charge is 2.71. The number of nitrogens with zero attached hydrogens (tertiary/aromatic N) is 3. The predicted molar refractivity (Wildman–Crippen MR) is 164 cm³/mol. The normalized spacial score (nSPS) is 28.2. The Labute approximate surface area is 257 Å². The molecule has 6 rings (SSSR count). The molecule has 0 saturated carbocycles. The van der Waals surface area contributed by atoms with Gasteiger partial charge in [0.05, 0.1) is 28.6 Å². The first kappa shape index (κ1) is 29.6. The number of unbranched alkanes of at least 4 members (excludes halogenated alkanes) is 3. The third-order valence-electron chi connectivity index (χ3n) is 9.22. The zero-order valence-corrected chi connectivity index (χ0v) is 25.2. The van der Waals surface area contributed by atoms with Crippen molar-refractivity contribution in [2.75, 3.05) is 31.1 Å². The van der Waals surface area contributed by atoms with Gasteiger partial charge >= 0.3 is 0 Å². The molecule has 4 aliphatic heterocycles. The van der Waals surface area contributed by atoms with Gasteiger partial charge in [-0.2, -0.15) is 0 Å². The van der Waals surface area contributed by atoms with Crippen LogP contribution >= 0.6 is 11.6 Å². The molecule has 9 heteroatoms. The lowest BCUT2D eigenvalue weighted by Gasteiger charge is -2.36. The summed E-state index contributed by atoms with van der Waals surface area (Å²) in [6.45, 7) is 3.52. The van der Waals surface area contributed by atoms with Crippen LogP contribution < -0.4 is 4.90 Å². The van der Waals surface area contributed by atoms with Gasteiger partial charge in [0.2, 0.25) is 11.8 Å². The summed E-state index contributed by atoms with van der Waals surface area (Å²) in [6, 6.07) is 14.4. The summed E-state index contributed by atoms with van der Waals surface area (Å²) in [5.41, 5.74) is 1.20. The minimum absolute atomic E-state index is 0.123. The van der Waals surface area contributed by atoms with Gasteiger partial charge in [-0.25, -0.2) is 0 Å². The minimum Gasteiger partial charge on any atom is -0.396 e. The Hall–Kier alpha value is -3.46. The molecule has 8 nitrogen and oxygen atoms in total. The van der Waals surface area contributed by atoms with Gasteiger partial charge in [0, 0.05) is 32.8 Å². The van der Waals surface area contributed by atoms with E-state index in [1.54, 1.807) is 20.8 Å². The smallest absolute Gasteiger partial charge is 0.253 e. The van der Waals surface area contributed by atoms with Crippen LogP contribution in [-0.4, -0.2) is 76.6 Å². The number of aliphatic hydroxyl groups excluding tert-OH is 1. The monoisotopic (exact) mass is 603 g/mol. The fourth-order valence-corrected chi connectivity index (χ4v) is 7.61. The molecule has 1 unspecified atom stereocenters. The van der Waals surface area contributed by atoms with E-state index in [-0.39, 0.29) is 30.9 Å². The summed E-state index contributed by atoms with van der Waals surface area (Å²) in [6.07, 6.45) is 9.96. The number of carbonyl (C=O) groups is 3. The van der Waals surface area contributed by atoms with E-state index in [9.17, 15) is 19.5 Å². The quantitative estimate of drug-likeness (QED) is 0.341. The molecule has 5 atom stereocenters. The molecule has 0 radical (unpaired) electrons. The zero-order chi connectivity index (χ0) is 30.1. The van der Waals surface area contributed by atoms with E-state index in [0.717, 1.165) is 24.0 Å². The Morgan fingerprint density at radius 1 is 0.930 bits per heavy atom. The van der Waals surface area contributed by atoms with Gasteiger partial charge < -0.3 is 24.5 Å². The summed E-state index contributed by atoms with van der Waals surface area (Å²) in [7, 11) is 0. The number of benzene rings is 2.